The van der Waals surface area contributed by atoms with Crippen LogP contribution in [0.25, 0.3) is 5.65 Å². The Kier molecular flexibility index (Phi) is 7.78. The van der Waals surface area contributed by atoms with Crippen molar-refractivity contribution >= 4 is 40.5 Å². The molecule has 214 valence electrons. The maximum absolute atomic E-state index is 12.9. The van der Waals surface area contributed by atoms with E-state index in [-0.39, 0.29) is 5.91 Å². The summed E-state index contributed by atoms with van der Waals surface area (Å²) in [7, 11) is 1.81. The number of aliphatic hydroxyl groups is 1. The Labute approximate surface area is 249 Å². The number of likely N-dealkylation sites (N-methyl/N-ethyl adjacent to an activating group) is 1. The molecule has 0 unspecified atom stereocenters. The predicted molar refractivity (Wildman–Crippen MR) is 164 cm³/mol. The number of fused-ring (bicyclic) bond motifs is 1. The van der Waals surface area contributed by atoms with Gasteiger partial charge in [0.2, 0.25) is 5.95 Å². The lowest BCUT2D eigenvalue weighted by atomic mass is 9.84. The number of halogens is 1. The van der Waals surface area contributed by atoms with Gasteiger partial charge in [0.05, 0.1) is 11.3 Å². The van der Waals surface area contributed by atoms with Crippen LogP contribution >= 0.6 is 11.6 Å². The lowest BCUT2D eigenvalue weighted by molar-refractivity contribution is 0.0118. The zero-order chi connectivity index (χ0) is 29.1. The standard InChI is InChI=1S/C32H32ClN7O2/c1-38(20-14-23-12-17-34-18-13-23)30(41)24-4-10-27(11-5-24)35-31-36-29-28(3-2-19-40(29)37-31)39-21-15-32(42,16-22-39)25-6-8-26(33)9-7-25/h2-13,17-19,42H,14-16,20-22H2,1H3,(H,35,37). The average molecular weight is 582 g/mol. The second-order valence-corrected chi connectivity index (χ2v) is 11.1. The molecule has 1 saturated heterocycles. The third-order valence-corrected chi connectivity index (χ3v) is 8.13. The highest BCUT2D eigenvalue weighted by atomic mass is 35.5. The highest BCUT2D eigenvalue weighted by Gasteiger charge is 2.34. The van der Waals surface area contributed by atoms with E-state index in [2.05, 4.69) is 20.3 Å². The van der Waals surface area contributed by atoms with E-state index >= 15 is 0 Å². The number of nitrogens with one attached hydrogen (secondary N) is 1. The third kappa shape index (κ3) is 5.93. The fourth-order valence-corrected chi connectivity index (χ4v) is 5.48. The van der Waals surface area contributed by atoms with Gasteiger partial charge in [-0.1, -0.05) is 23.7 Å². The van der Waals surface area contributed by atoms with E-state index in [9.17, 15) is 9.90 Å². The quantitative estimate of drug-likeness (QED) is 0.256. The molecule has 4 heterocycles. The monoisotopic (exact) mass is 581 g/mol. The number of nitrogens with zero attached hydrogens (tertiary/aromatic N) is 6. The molecule has 42 heavy (non-hydrogen) atoms. The Balaban J connectivity index is 1.10. The molecule has 6 rings (SSSR count). The first-order valence-corrected chi connectivity index (χ1v) is 14.4. The summed E-state index contributed by atoms with van der Waals surface area (Å²) in [5.41, 5.74) is 4.26. The van der Waals surface area contributed by atoms with Crippen LogP contribution in [0.4, 0.5) is 17.3 Å². The largest absolute Gasteiger partial charge is 0.385 e. The number of pyridine rings is 2. The van der Waals surface area contributed by atoms with Crippen LogP contribution in [0.3, 0.4) is 0 Å². The summed E-state index contributed by atoms with van der Waals surface area (Å²) >= 11 is 6.04. The molecule has 5 aromatic rings. The van der Waals surface area contributed by atoms with Gasteiger partial charge >= 0.3 is 0 Å². The number of aromatic nitrogens is 4. The van der Waals surface area contributed by atoms with Crippen LogP contribution in [0.5, 0.6) is 0 Å². The topological polar surface area (TPSA) is 98.9 Å². The fourth-order valence-electron chi connectivity index (χ4n) is 5.35. The molecule has 0 saturated carbocycles. The summed E-state index contributed by atoms with van der Waals surface area (Å²) in [6.45, 7) is 1.98. The summed E-state index contributed by atoms with van der Waals surface area (Å²) in [5.74, 6) is 0.432. The molecule has 2 N–H and O–H groups in total. The van der Waals surface area contributed by atoms with E-state index in [4.69, 9.17) is 16.6 Å². The summed E-state index contributed by atoms with van der Waals surface area (Å²) < 4.78 is 1.76. The van der Waals surface area contributed by atoms with E-state index in [0.29, 0.717) is 49.0 Å². The zero-order valence-corrected chi connectivity index (χ0v) is 24.1. The Morgan fingerprint density at radius 2 is 1.74 bits per heavy atom. The van der Waals surface area contributed by atoms with E-state index in [1.54, 1.807) is 21.8 Å². The van der Waals surface area contributed by atoms with Gasteiger partial charge in [-0.25, -0.2) is 4.52 Å². The normalized spacial score (nSPS) is 14.6. The molecule has 2 aromatic carbocycles. The summed E-state index contributed by atoms with van der Waals surface area (Å²) in [6.07, 6.45) is 7.36. The van der Waals surface area contributed by atoms with Gasteiger partial charge in [0.15, 0.2) is 5.65 Å². The number of anilines is 3. The molecule has 10 heteroatoms. The van der Waals surface area contributed by atoms with Crippen molar-refractivity contribution in [1.82, 2.24) is 24.5 Å². The van der Waals surface area contributed by atoms with Crippen LogP contribution in [-0.2, 0) is 12.0 Å². The number of benzene rings is 2. The number of hydrogen-bond donors (Lipinski definition) is 2. The number of piperidine rings is 1. The van der Waals surface area contributed by atoms with Crippen molar-refractivity contribution < 1.29 is 9.90 Å². The number of carbonyl (C=O) groups is 1. The summed E-state index contributed by atoms with van der Waals surface area (Å²) in [6, 6.07) is 22.7. The van der Waals surface area contributed by atoms with Gasteiger partial charge in [0.1, 0.15) is 0 Å². The fraction of sp³-hybridized carbons (Fsp3) is 0.250. The molecule has 0 spiro atoms. The number of hydrogen-bond acceptors (Lipinski definition) is 7. The van der Waals surface area contributed by atoms with Gasteiger partial charge in [0, 0.05) is 61.5 Å². The van der Waals surface area contributed by atoms with Crippen molar-refractivity contribution in [2.45, 2.75) is 24.9 Å². The van der Waals surface area contributed by atoms with Crippen LogP contribution < -0.4 is 10.2 Å². The van der Waals surface area contributed by atoms with E-state index in [1.165, 1.54) is 0 Å². The van der Waals surface area contributed by atoms with Crippen LogP contribution in [-0.4, -0.2) is 62.2 Å². The highest BCUT2D eigenvalue weighted by molar-refractivity contribution is 6.30. The molecule has 0 bridgehead atoms. The maximum Gasteiger partial charge on any atom is 0.253 e. The smallest absolute Gasteiger partial charge is 0.253 e. The molecule has 9 nitrogen and oxygen atoms in total. The second kappa shape index (κ2) is 11.8. The minimum Gasteiger partial charge on any atom is -0.385 e. The van der Waals surface area contributed by atoms with Crippen molar-refractivity contribution in [3.63, 3.8) is 0 Å². The molecule has 0 atom stereocenters. The first-order chi connectivity index (χ1) is 20.4. The summed E-state index contributed by atoms with van der Waals surface area (Å²) in [4.78, 5) is 25.7. The minimum absolute atomic E-state index is 0.0319. The molecule has 0 aliphatic carbocycles. The summed E-state index contributed by atoms with van der Waals surface area (Å²) in [5, 5.41) is 19.8. The number of carbonyl (C=O) groups excluding carboxylic acids is 1. The van der Waals surface area contributed by atoms with Crippen LogP contribution in [0.15, 0.2) is 91.4 Å². The SMILES string of the molecule is CN(CCc1ccncc1)C(=O)c1ccc(Nc2nc3c(N4CCC(O)(c5ccc(Cl)cc5)CC4)cccn3n2)cc1. The van der Waals surface area contributed by atoms with Gasteiger partial charge in [-0.3, -0.25) is 9.78 Å². The maximum atomic E-state index is 12.9. The van der Waals surface area contributed by atoms with E-state index in [0.717, 1.165) is 34.6 Å². The lowest BCUT2D eigenvalue weighted by Gasteiger charge is -2.39. The average Bonchev–Trinajstić information content (AvgIpc) is 3.44. The second-order valence-electron chi connectivity index (χ2n) is 10.7. The molecule has 1 aliphatic heterocycles. The molecular formula is C32H32ClN7O2. The molecular weight excluding hydrogens is 550 g/mol. The van der Waals surface area contributed by atoms with Crippen molar-refractivity contribution in [2.75, 3.05) is 36.9 Å². The minimum atomic E-state index is -0.880. The Morgan fingerprint density at radius 1 is 1.02 bits per heavy atom. The van der Waals surface area contributed by atoms with E-state index in [1.807, 2.05) is 86.0 Å². The van der Waals surface area contributed by atoms with Crippen molar-refractivity contribution in [1.29, 1.82) is 0 Å². The number of amides is 1. The zero-order valence-electron chi connectivity index (χ0n) is 23.3. The Morgan fingerprint density at radius 3 is 2.45 bits per heavy atom. The molecule has 3 aromatic heterocycles. The lowest BCUT2D eigenvalue weighted by Crippen LogP contribution is -2.42. The van der Waals surface area contributed by atoms with Gasteiger partial charge in [-0.15, -0.1) is 5.10 Å². The first-order valence-electron chi connectivity index (χ1n) is 14.0. The van der Waals surface area contributed by atoms with Crippen LogP contribution in [0, 0.1) is 0 Å². The first kappa shape index (κ1) is 27.7. The molecule has 0 radical (unpaired) electrons. The van der Waals surface area contributed by atoms with Gasteiger partial charge in [-0.05, 0) is 91.1 Å². The van der Waals surface area contributed by atoms with Crippen LogP contribution in [0.2, 0.25) is 5.02 Å². The van der Waals surface area contributed by atoms with Crippen molar-refractivity contribution in [3.05, 3.63) is 113 Å². The van der Waals surface area contributed by atoms with Gasteiger partial charge in [-0.2, -0.15) is 4.98 Å². The van der Waals surface area contributed by atoms with E-state index < -0.39 is 5.60 Å². The third-order valence-electron chi connectivity index (χ3n) is 7.87. The molecule has 1 amide bonds. The molecule has 1 aliphatic rings. The highest BCUT2D eigenvalue weighted by Crippen LogP contribution is 2.36. The number of rotatable bonds is 8. The van der Waals surface area contributed by atoms with Crippen molar-refractivity contribution in [3.8, 4) is 0 Å². The Hall–Kier alpha value is -4.47. The van der Waals surface area contributed by atoms with Crippen LogP contribution in [0.1, 0.15) is 34.3 Å². The molecule has 1 fully saturated rings. The van der Waals surface area contributed by atoms with Gasteiger partial charge < -0.3 is 20.2 Å². The van der Waals surface area contributed by atoms with Crippen molar-refractivity contribution in [2.24, 2.45) is 0 Å². The van der Waals surface area contributed by atoms with Gasteiger partial charge in [0.25, 0.3) is 5.91 Å². The Bertz CT molecular complexity index is 1670. The predicted octanol–water partition coefficient (Wildman–Crippen LogP) is 5.32.